The number of carbonyl (C=O) groups is 1. The molecule has 1 aliphatic rings. The van der Waals surface area contributed by atoms with Gasteiger partial charge in [-0.15, -0.1) is 0 Å². The number of aromatic nitrogens is 1. The zero-order chi connectivity index (χ0) is 16.8. The molecule has 6 heteroatoms. The molecule has 2 aromatic rings. The van der Waals surface area contributed by atoms with Crippen LogP contribution in [0.4, 0.5) is 0 Å². The molecule has 1 fully saturated rings. The summed E-state index contributed by atoms with van der Waals surface area (Å²) in [5.74, 6) is 0.787. The van der Waals surface area contributed by atoms with Gasteiger partial charge in [-0.05, 0) is 24.3 Å². The molecule has 1 aliphatic heterocycles. The molecular weight excluding hydrogens is 326 g/mol. The predicted molar refractivity (Wildman–Crippen MR) is 93.5 cm³/mol. The Morgan fingerprint density at radius 3 is 2.50 bits per heavy atom. The van der Waals surface area contributed by atoms with Crippen LogP contribution in [-0.2, 0) is 0 Å². The molecule has 5 nitrogen and oxygen atoms in total. The fraction of sp³-hybridized carbons (Fsp3) is 0.333. The van der Waals surface area contributed by atoms with Crippen molar-refractivity contribution >= 4 is 17.5 Å². The van der Waals surface area contributed by atoms with E-state index >= 15 is 0 Å². The van der Waals surface area contributed by atoms with Crippen molar-refractivity contribution in [1.82, 2.24) is 14.8 Å². The molecule has 126 valence electrons. The Kier molecular flexibility index (Phi) is 5.67. The molecule has 0 radical (unpaired) electrons. The minimum atomic E-state index is 0.0735. The van der Waals surface area contributed by atoms with Crippen molar-refractivity contribution in [2.75, 3.05) is 39.3 Å². The Morgan fingerprint density at radius 1 is 1.08 bits per heavy atom. The van der Waals surface area contributed by atoms with Crippen LogP contribution in [0.2, 0.25) is 5.02 Å². The SMILES string of the molecule is O=C(c1ccncc1)N1CCN(CCOc2ccccc2Cl)CC1. The average molecular weight is 346 g/mol. The third kappa shape index (κ3) is 4.24. The summed E-state index contributed by atoms with van der Waals surface area (Å²) in [6.45, 7) is 4.57. The molecule has 3 rings (SSSR count). The van der Waals surface area contributed by atoms with Gasteiger partial charge in [-0.2, -0.15) is 0 Å². The molecule has 0 aliphatic carbocycles. The van der Waals surface area contributed by atoms with E-state index in [1.165, 1.54) is 0 Å². The van der Waals surface area contributed by atoms with Gasteiger partial charge < -0.3 is 9.64 Å². The number of para-hydroxylation sites is 1. The zero-order valence-electron chi connectivity index (χ0n) is 13.4. The normalized spacial score (nSPS) is 15.3. The topological polar surface area (TPSA) is 45.7 Å². The summed E-state index contributed by atoms with van der Waals surface area (Å²) >= 11 is 6.07. The van der Waals surface area contributed by atoms with Gasteiger partial charge in [0.25, 0.3) is 5.91 Å². The molecule has 0 saturated carbocycles. The van der Waals surface area contributed by atoms with Crippen molar-refractivity contribution in [3.05, 3.63) is 59.4 Å². The molecule has 0 bridgehead atoms. The van der Waals surface area contributed by atoms with Gasteiger partial charge in [0, 0.05) is 50.7 Å². The molecule has 0 N–H and O–H groups in total. The van der Waals surface area contributed by atoms with E-state index < -0.39 is 0 Å². The van der Waals surface area contributed by atoms with Crippen molar-refractivity contribution in [3.8, 4) is 5.75 Å². The average Bonchev–Trinajstić information content (AvgIpc) is 2.64. The largest absolute Gasteiger partial charge is 0.491 e. The second kappa shape index (κ2) is 8.13. The van der Waals surface area contributed by atoms with Gasteiger partial charge in [0.05, 0.1) is 5.02 Å². The highest BCUT2D eigenvalue weighted by Crippen LogP contribution is 2.22. The summed E-state index contributed by atoms with van der Waals surface area (Å²) in [5, 5.41) is 0.630. The number of rotatable bonds is 5. The third-order valence-electron chi connectivity index (χ3n) is 4.09. The highest BCUT2D eigenvalue weighted by molar-refractivity contribution is 6.32. The van der Waals surface area contributed by atoms with Crippen LogP contribution in [0.5, 0.6) is 5.75 Å². The first-order valence-electron chi connectivity index (χ1n) is 8.03. The first kappa shape index (κ1) is 16.7. The summed E-state index contributed by atoms with van der Waals surface area (Å²) in [4.78, 5) is 20.5. The number of amides is 1. The van der Waals surface area contributed by atoms with Crippen molar-refractivity contribution in [2.24, 2.45) is 0 Å². The summed E-state index contributed by atoms with van der Waals surface area (Å²) in [6, 6.07) is 11.0. The first-order valence-corrected chi connectivity index (χ1v) is 8.41. The second-order valence-corrected chi connectivity index (χ2v) is 6.06. The number of benzene rings is 1. The molecule has 0 atom stereocenters. The molecule has 0 spiro atoms. The Bertz CT molecular complexity index is 673. The van der Waals surface area contributed by atoms with Gasteiger partial charge in [-0.25, -0.2) is 0 Å². The lowest BCUT2D eigenvalue weighted by Crippen LogP contribution is -2.49. The number of hydrogen-bond acceptors (Lipinski definition) is 4. The van der Waals surface area contributed by atoms with Crippen LogP contribution in [-0.4, -0.2) is 60.0 Å². The number of halogens is 1. The lowest BCUT2D eigenvalue weighted by Gasteiger charge is -2.34. The first-order chi connectivity index (χ1) is 11.7. The number of carbonyl (C=O) groups excluding carboxylic acids is 1. The number of ether oxygens (including phenoxy) is 1. The van der Waals surface area contributed by atoms with Crippen molar-refractivity contribution < 1.29 is 9.53 Å². The van der Waals surface area contributed by atoms with Crippen molar-refractivity contribution in [2.45, 2.75) is 0 Å². The molecule has 24 heavy (non-hydrogen) atoms. The highest BCUT2D eigenvalue weighted by Gasteiger charge is 2.21. The van der Waals surface area contributed by atoms with Gasteiger partial charge in [0.15, 0.2) is 0 Å². The predicted octanol–water partition coefficient (Wildman–Crippen LogP) is 2.57. The lowest BCUT2D eigenvalue weighted by atomic mass is 10.2. The quantitative estimate of drug-likeness (QED) is 0.835. The smallest absolute Gasteiger partial charge is 0.254 e. The van der Waals surface area contributed by atoms with Crippen LogP contribution in [0.25, 0.3) is 0 Å². The Morgan fingerprint density at radius 2 is 1.79 bits per heavy atom. The van der Waals surface area contributed by atoms with E-state index in [0.717, 1.165) is 32.7 Å². The van der Waals surface area contributed by atoms with Crippen LogP contribution in [0.3, 0.4) is 0 Å². The Balaban J connectivity index is 1.42. The third-order valence-corrected chi connectivity index (χ3v) is 4.40. The van der Waals surface area contributed by atoms with Gasteiger partial charge in [0.2, 0.25) is 0 Å². The van der Waals surface area contributed by atoms with Gasteiger partial charge >= 0.3 is 0 Å². The minimum Gasteiger partial charge on any atom is -0.491 e. The monoisotopic (exact) mass is 345 g/mol. The van der Waals surface area contributed by atoms with Gasteiger partial charge in [-0.1, -0.05) is 23.7 Å². The van der Waals surface area contributed by atoms with Crippen LogP contribution in [0.1, 0.15) is 10.4 Å². The standard InChI is InChI=1S/C18H20ClN3O2/c19-16-3-1-2-4-17(16)24-14-13-21-9-11-22(12-10-21)18(23)15-5-7-20-8-6-15/h1-8H,9-14H2. The maximum atomic E-state index is 12.4. The number of piperazine rings is 1. The summed E-state index contributed by atoms with van der Waals surface area (Å²) in [6.07, 6.45) is 3.30. The molecule has 1 saturated heterocycles. The van der Waals surface area contributed by atoms with Crippen LogP contribution >= 0.6 is 11.6 Å². The molecule has 2 heterocycles. The van der Waals surface area contributed by atoms with E-state index in [-0.39, 0.29) is 5.91 Å². The Labute approximate surface area is 146 Å². The van der Waals surface area contributed by atoms with Crippen LogP contribution in [0.15, 0.2) is 48.8 Å². The van der Waals surface area contributed by atoms with E-state index in [2.05, 4.69) is 9.88 Å². The maximum Gasteiger partial charge on any atom is 0.254 e. The molecule has 1 aromatic carbocycles. The summed E-state index contributed by atoms with van der Waals surface area (Å²) in [7, 11) is 0. The van der Waals surface area contributed by atoms with Crippen LogP contribution < -0.4 is 4.74 Å². The van der Waals surface area contributed by atoms with E-state index in [1.807, 2.05) is 29.2 Å². The fourth-order valence-corrected chi connectivity index (χ4v) is 2.89. The molecule has 0 unspecified atom stereocenters. The minimum absolute atomic E-state index is 0.0735. The maximum absolute atomic E-state index is 12.4. The fourth-order valence-electron chi connectivity index (χ4n) is 2.70. The van der Waals surface area contributed by atoms with Gasteiger partial charge in [-0.3, -0.25) is 14.7 Å². The molecular formula is C18H20ClN3O2. The zero-order valence-corrected chi connectivity index (χ0v) is 14.2. The van der Waals surface area contributed by atoms with Crippen molar-refractivity contribution in [1.29, 1.82) is 0 Å². The Hall–Kier alpha value is -2.11. The van der Waals surface area contributed by atoms with E-state index in [0.29, 0.717) is 22.9 Å². The van der Waals surface area contributed by atoms with E-state index in [1.54, 1.807) is 24.5 Å². The second-order valence-electron chi connectivity index (χ2n) is 5.65. The van der Waals surface area contributed by atoms with E-state index in [9.17, 15) is 4.79 Å². The summed E-state index contributed by atoms with van der Waals surface area (Å²) < 4.78 is 5.72. The molecule has 1 aromatic heterocycles. The highest BCUT2D eigenvalue weighted by atomic mass is 35.5. The lowest BCUT2D eigenvalue weighted by molar-refractivity contribution is 0.0620. The number of pyridine rings is 1. The van der Waals surface area contributed by atoms with Crippen LogP contribution in [0, 0.1) is 0 Å². The number of hydrogen-bond donors (Lipinski definition) is 0. The number of nitrogens with zero attached hydrogens (tertiary/aromatic N) is 3. The summed E-state index contributed by atoms with van der Waals surface area (Å²) in [5.41, 5.74) is 0.695. The van der Waals surface area contributed by atoms with E-state index in [4.69, 9.17) is 16.3 Å². The van der Waals surface area contributed by atoms with Gasteiger partial charge in [0.1, 0.15) is 12.4 Å². The molecule has 1 amide bonds. The van der Waals surface area contributed by atoms with Crippen molar-refractivity contribution in [3.63, 3.8) is 0 Å².